The number of sulfonamides is 1. The highest BCUT2D eigenvalue weighted by Crippen LogP contribution is 2.28. The van der Waals surface area contributed by atoms with Gasteiger partial charge in [-0.2, -0.15) is 4.31 Å². The number of nitrogens with one attached hydrogen (secondary N) is 1. The van der Waals surface area contributed by atoms with E-state index in [-0.39, 0.29) is 15.4 Å². The summed E-state index contributed by atoms with van der Waals surface area (Å²) in [6, 6.07) is 3.65. The van der Waals surface area contributed by atoms with Crippen LogP contribution in [0, 0.1) is 5.82 Å². The second-order valence-electron chi connectivity index (χ2n) is 4.84. The smallest absolute Gasteiger partial charge is 0.244 e. The van der Waals surface area contributed by atoms with Gasteiger partial charge in [-0.05, 0) is 53.5 Å². The van der Waals surface area contributed by atoms with E-state index in [1.165, 1.54) is 22.5 Å². The van der Waals surface area contributed by atoms with Crippen molar-refractivity contribution in [2.24, 2.45) is 0 Å². The lowest BCUT2D eigenvalue weighted by molar-refractivity contribution is 0.335. The fraction of sp³-hybridized carbons (Fsp3) is 0.538. The van der Waals surface area contributed by atoms with Crippen molar-refractivity contribution in [3.8, 4) is 0 Å². The van der Waals surface area contributed by atoms with Crippen molar-refractivity contribution in [2.75, 3.05) is 19.6 Å². The predicted octanol–water partition coefficient (Wildman–Crippen LogP) is 2.35. The molecule has 1 fully saturated rings. The third-order valence-corrected chi connectivity index (χ3v) is 6.29. The van der Waals surface area contributed by atoms with Crippen molar-refractivity contribution >= 4 is 26.0 Å². The highest BCUT2D eigenvalue weighted by Gasteiger charge is 2.33. The van der Waals surface area contributed by atoms with E-state index in [1.807, 2.05) is 6.92 Å². The summed E-state index contributed by atoms with van der Waals surface area (Å²) >= 11 is 3.15. The maximum atomic E-state index is 13.1. The molecule has 0 aliphatic carbocycles. The molecule has 0 bridgehead atoms. The lowest BCUT2D eigenvalue weighted by Crippen LogP contribution is -2.42. The first-order chi connectivity index (χ1) is 9.46. The fourth-order valence-corrected chi connectivity index (χ4v) is 5.17. The van der Waals surface area contributed by atoms with Crippen LogP contribution in [0.3, 0.4) is 0 Å². The lowest BCUT2D eigenvalue weighted by Gasteiger charge is -2.27. The number of benzene rings is 1. The van der Waals surface area contributed by atoms with Crippen LogP contribution in [-0.2, 0) is 10.0 Å². The molecular weight excluding hydrogens is 347 g/mol. The van der Waals surface area contributed by atoms with Crippen molar-refractivity contribution in [1.29, 1.82) is 0 Å². The molecule has 1 heterocycles. The maximum Gasteiger partial charge on any atom is 0.244 e. The van der Waals surface area contributed by atoms with Gasteiger partial charge in [-0.25, -0.2) is 12.8 Å². The van der Waals surface area contributed by atoms with E-state index in [9.17, 15) is 12.8 Å². The van der Waals surface area contributed by atoms with Gasteiger partial charge in [0.25, 0.3) is 0 Å². The van der Waals surface area contributed by atoms with Gasteiger partial charge in [0, 0.05) is 23.6 Å². The molecule has 0 saturated carbocycles. The van der Waals surface area contributed by atoms with E-state index in [1.54, 1.807) is 0 Å². The molecule has 1 unspecified atom stereocenters. The molecule has 20 heavy (non-hydrogen) atoms. The summed E-state index contributed by atoms with van der Waals surface area (Å²) in [4.78, 5) is 0.124. The third kappa shape index (κ3) is 3.21. The minimum atomic E-state index is -3.61. The van der Waals surface area contributed by atoms with Crippen LogP contribution in [0.5, 0.6) is 0 Å². The molecule has 0 amide bonds. The van der Waals surface area contributed by atoms with Crippen LogP contribution in [0.1, 0.15) is 19.8 Å². The average Bonchev–Trinajstić information content (AvgIpc) is 2.88. The lowest BCUT2D eigenvalue weighted by atomic mass is 10.2. The first kappa shape index (κ1) is 15.9. The van der Waals surface area contributed by atoms with Gasteiger partial charge in [0.15, 0.2) is 0 Å². The van der Waals surface area contributed by atoms with Gasteiger partial charge in [0.2, 0.25) is 10.0 Å². The normalized spacial score (nSPS) is 19.7. The van der Waals surface area contributed by atoms with Crippen LogP contribution in [0.4, 0.5) is 4.39 Å². The zero-order chi connectivity index (χ0) is 14.8. The summed E-state index contributed by atoms with van der Waals surface area (Å²) in [6.45, 7) is 3.91. The van der Waals surface area contributed by atoms with E-state index in [2.05, 4.69) is 21.2 Å². The molecule has 1 aromatic rings. The first-order valence-electron chi connectivity index (χ1n) is 6.64. The van der Waals surface area contributed by atoms with Crippen molar-refractivity contribution in [2.45, 2.75) is 30.7 Å². The summed E-state index contributed by atoms with van der Waals surface area (Å²) in [6.07, 6.45) is 1.55. The van der Waals surface area contributed by atoms with Gasteiger partial charge < -0.3 is 5.32 Å². The molecule has 4 nitrogen and oxygen atoms in total. The summed E-state index contributed by atoms with van der Waals surface area (Å²) in [5.41, 5.74) is 0. The van der Waals surface area contributed by atoms with Gasteiger partial charge >= 0.3 is 0 Å². The summed E-state index contributed by atoms with van der Waals surface area (Å²) in [7, 11) is -3.61. The second kappa shape index (κ2) is 6.51. The maximum absolute atomic E-state index is 13.1. The van der Waals surface area contributed by atoms with Gasteiger partial charge in [-0.15, -0.1) is 0 Å². The van der Waals surface area contributed by atoms with Gasteiger partial charge in [0.05, 0.1) is 4.90 Å². The van der Waals surface area contributed by atoms with Crippen LogP contribution in [0.25, 0.3) is 0 Å². The molecule has 1 aliphatic rings. The fourth-order valence-electron chi connectivity index (χ4n) is 2.42. The van der Waals surface area contributed by atoms with Crippen molar-refractivity contribution in [1.82, 2.24) is 9.62 Å². The molecule has 7 heteroatoms. The average molecular weight is 365 g/mol. The highest BCUT2D eigenvalue weighted by molar-refractivity contribution is 9.10. The third-order valence-electron chi connectivity index (χ3n) is 3.37. The van der Waals surface area contributed by atoms with Crippen LogP contribution in [0.2, 0.25) is 0 Å². The topological polar surface area (TPSA) is 49.4 Å². The SMILES string of the molecule is CCCN(C1CCNC1)S(=O)(=O)c1ccc(F)cc1Br. The minimum Gasteiger partial charge on any atom is -0.315 e. The Morgan fingerprint density at radius 3 is 2.80 bits per heavy atom. The van der Waals surface area contributed by atoms with E-state index >= 15 is 0 Å². The van der Waals surface area contributed by atoms with Crippen LogP contribution < -0.4 is 5.32 Å². The highest BCUT2D eigenvalue weighted by atomic mass is 79.9. The van der Waals surface area contributed by atoms with E-state index in [0.29, 0.717) is 13.1 Å². The van der Waals surface area contributed by atoms with Crippen molar-refractivity contribution < 1.29 is 12.8 Å². The quantitative estimate of drug-likeness (QED) is 0.872. The molecule has 0 aromatic heterocycles. The molecule has 0 radical (unpaired) electrons. The molecule has 1 N–H and O–H groups in total. The monoisotopic (exact) mass is 364 g/mol. The number of hydrogen-bond donors (Lipinski definition) is 1. The Labute approximate surface area is 127 Å². The molecule has 1 aromatic carbocycles. The summed E-state index contributed by atoms with van der Waals surface area (Å²) in [5, 5.41) is 3.18. The van der Waals surface area contributed by atoms with Crippen molar-refractivity contribution in [3.05, 3.63) is 28.5 Å². The minimum absolute atomic E-state index is 0.0306. The number of hydrogen-bond acceptors (Lipinski definition) is 3. The summed E-state index contributed by atoms with van der Waals surface area (Å²) < 4.78 is 40.5. The molecular formula is C13H18BrFN2O2S. The van der Waals surface area contributed by atoms with Gasteiger partial charge in [-0.1, -0.05) is 6.92 Å². The standard InChI is InChI=1S/C13H18BrFN2O2S/c1-2-7-17(11-5-6-16-9-11)20(18,19)13-4-3-10(15)8-12(13)14/h3-4,8,11,16H,2,5-7,9H2,1H3. The Morgan fingerprint density at radius 2 is 2.25 bits per heavy atom. The Balaban J connectivity index is 2.39. The summed E-state index contributed by atoms with van der Waals surface area (Å²) in [5.74, 6) is -0.458. The zero-order valence-electron chi connectivity index (χ0n) is 11.3. The molecule has 1 atom stereocenters. The molecule has 0 spiro atoms. The van der Waals surface area contributed by atoms with E-state index in [4.69, 9.17) is 0 Å². The molecule has 1 aliphatic heterocycles. The second-order valence-corrected chi connectivity index (χ2v) is 7.55. The number of halogens is 2. The van der Waals surface area contributed by atoms with Crippen molar-refractivity contribution in [3.63, 3.8) is 0 Å². The largest absolute Gasteiger partial charge is 0.315 e. The van der Waals surface area contributed by atoms with Crippen LogP contribution in [0.15, 0.2) is 27.6 Å². The van der Waals surface area contributed by atoms with Gasteiger partial charge in [-0.3, -0.25) is 0 Å². The van der Waals surface area contributed by atoms with Gasteiger partial charge in [0.1, 0.15) is 5.82 Å². The Kier molecular flexibility index (Phi) is 5.17. The number of nitrogens with zero attached hydrogens (tertiary/aromatic N) is 1. The van der Waals surface area contributed by atoms with E-state index < -0.39 is 15.8 Å². The zero-order valence-corrected chi connectivity index (χ0v) is 13.7. The Bertz CT molecular complexity index is 574. The van der Waals surface area contributed by atoms with Crippen LogP contribution >= 0.6 is 15.9 Å². The predicted molar refractivity (Wildman–Crippen MR) is 79.6 cm³/mol. The number of rotatable bonds is 5. The Morgan fingerprint density at radius 1 is 1.50 bits per heavy atom. The molecule has 2 rings (SSSR count). The van der Waals surface area contributed by atoms with E-state index in [0.717, 1.165) is 19.4 Å². The Hall–Kier alpha value is -0.500. The first-order valence-corrected chi connectivity index (χ1v) is 8.87. The van der Waals surface area contributed by atoms with Crippen LogP contribution in [-0.4, -0.2) is 38.4 Å². The molecule has 1 saturated heterocycles. The molecule has 112 valence electrons.